The highest BCUT2D eigenvalue weighted by atomic mass is 16.5. The smallest absolute Gasteiger partial charge is 0.0510 e. The Labute approximate surface area is 100 Å². The van der Waals surface area contributed by atoms with Crippen LogP contribution < -0.4 is 5.32 Å². The minimum absolute atomic E-state index is 0.705. The third-order valence-electron chi connectivity index (χ3n) is 4.71. The van der Waals surface area contributed by atoms with Gasteiger partial charge < -0.3 is 10.1 Å². The Morgan fingerprint density at radius 2 is 2.12 bits per heavy atom. The van der Waals surface area contributed by atoms with Gasteiger partial charge in [-0.05, 0) is 38.1 Å². The van der Waals surface area contributed by atoms with Crippen LogP contribution in [0.4, 0.5) is 0 Å². The molecule has 2 nitrogen and oxygen atoms in total. The van der Waals surface area contributed by atoms with Gasteiger partial charge in [-0.15, -0.1) is 0 Å². The maximum atomic E-state index is 5.54. The molecule has 1 saturated heterocycles. The van der Waals surface area contributed by atoms with Crippen molar-refractivity contribution in [1.82, 2.24) is 5.32 Å². The molecule has 0 spiro atoms. The molecule has 0 aromatic rings. The van der Waals surface area contributed by atoms with Crippen molar-refractivity contribution in [3.63, 3.8) is 0 Å². The minimum atomic E-state index is 0.705. The molecule has 4 atom stereocenters. The summed E-state index contributed by atoms with van der Waals surface area (Å²) in [6.45, 7) is 4.31. The molecule has 1 aliphatic carbocycles. The molecule has 0 bridgehead atoms. The average molecular weight is 225 g/mol. The highest BCUT2D eigenvalue weighted by Gasteiger charge is 2.33. The average Bonchev–Trinajstić information content (AvgIpc) is 2.84. The Morgan fingerprint density at radius 3 is 2.75 bits per heavy atom. The second-order valence-electron chi connectivity index (χ2n) is 5.64. The first-order chi connectivity index (χ1) is 7.85. The van der Waals surface area contributed by atoms with E-state index in [2.05, 4.69) is 19.3 Å². The predicted molar refractivity (Wildman–Crippen MR) is 67.5 cm³/mol. The van der Waals surface area contributed by atoms with E-state index in [1.165, 1.54) is 38.5 Å². The van der Waals surface area contributed by atoms with Crippen LogP contribution in [-0.4, -0.2) is 26.3 Å². The summed E-state index contributed by atoms with van der Waals surface area (Å²) in [5, 5.41) is 3.58. The van der Waals surface area contributed by atoms with E-state index >= 15 is 0 Å². The first-order valence-electron chi connectivity index (χ1n) is 7.10. The van der Waals surface area contributed by atoms with Crippen molar-refractivity contribution in [2.24, 2.45) is 17.8 Å². The van der Waals surface area contributed by atoms with E-state index in [9.17, 15) is 0 Å². The summed E-state index contributed by atoms with van der Waals surface area (Å²) in [5.41, 5.74) is 0. The Morgan fingerprint density at radius 1 is 1.25 bits per heavy atom. The van der Waals surface area contributed by atoms with Crippen molar-refractivity contribution in [3.05, 3.63) is 0 Å². The fourth-order valence-corrected chi connectivity index (χ4v) is 3.72. The van der Waals surface area contributed by atoms with Crippen LogP contribution in [0.5, 0.6) is 0 Å². The summed E-state index contributed by atoms with van der Waals surface area (Å²) in [6.07, 6.45) is 8.41. The largest absolute Gasteiger partial charge is 0.381 e. The SMILES string of the molecule is CCC1CCCC(C(NC)C2CCOC2)C1. The van der Waals surface area contributed by atoms with Crippen LogP contribution >= 0.6 is 0 Å². The van der Waals surface area contributed by atoms with Gasteiger partial charge in [-0.1, -0.05) is 26.2 Å². The zero-order chi connectivity index (χ0) is 11.4. The summed E-state index contributed by atoms with van der Waals surface area (Å²) in [4.78, 5) is 0. The van der Waals surface area contributed by atoms with E-state index in [-0.39, 0.29) is 0 Å². The van der Waals surface area contributed by atoms with Crippen molar-refractivity contribution in [1.29, 1.82) is 0 Å². The van der Waals surface area contributed by atoms with Gasteiger partial charge in [0.15, 0.2) is 0 Å². The molecule has 0 radical (unpaired) electrons. The molecule has 2 aliphatic rings. The lowest BCUT2D eigenvalue weighted by atomic mass is 9.73. The van der Waals surface area contributed by atoms with Crippen molar-refractivity contribution in [2.75, 3.05) is 20.3 Å². The number of hydrogen-bond donors (Lipinski definition) is 1. The third-order valence-corrected chi connectivity index (χ3v) is 4.71. The van der Waals surface area contributed by atoms with Gasteiger partial charge >= 0.3 is 0 Å². The fraction of sp³-hybridized carbons (Fsp3) is 1.00. The van der Waals surface area contributed by atoms with Gasteiger partial charge in [0.25, 0.3) is 0 Å². The van der Waals surface area contributed by atoms with Gasteiger partial charge in [0, 0.05) is 18.6 Å². The normalized spacial score (nSPS) is 37.5. The van der Waals surface area contributed by atoms with Crippen LogP contribution in [0.1, 0.15) is 45.4 Å². The maximum absolute atomic E-state index is 5.54. The Hall–Kier alpha value is -0.0800. The van der Waals surface area contributed by atoms with Gasteiger partial charge in [-0.25, -0.2) is 0 Å². The Kier molecular flexibility index (Phi) is 4.66. The zero-order valence-corrected chi connectivity index (χ0v) is 10.9. The third kappa shape index (κ3) is 2.78. The lowest BCUT2D eigenvalue weighted by Gasteiger charge is -2.36. The topological polar surface area (TPSA) is 21.3 Å². The Balaban J connectivity index is 1.91. The summed E-state index contributed by atoms with van der Waals surface area (Å²) < 4.78 is 5.54. The van der Waals surface area contributed by atoms with Crippen LogP contribution in [0.3, 0.4) is 0 Å². The van der Waals surface area contributed by atoms with Crippen LogP contribution in [0, 0.1) is 17.8 Å². The van der Waals surface area contributed by atoms with Crippen LogP contribution in [0.25, 0.3) is 0 Å². The molecule has 2 fully saturated rings. The molecule has 0 amide bonds. The molecule has 16 heavy (non-hydrogen) atoms. The molecule has 2 rings (SSSR count). The van der Waals surface area contributed by atoms with E-state index in [1.54, 1.807) is 0 Å². The van der Waals surface area contributed by atoms with Gasteiger partial charge in [0.05, 0.1) is 6.61 Å². The van der Waals surface area contributed by atoms with E-state index in [0.29, 0.717) is 6.04 Å². The summed E-state index contributed by atoms with van der Waals surface area (Å²) in [6, 6.07) is 0.705. The number of nitrogens with one attached hydrogen (secondary N) is 1. The lowest BCUT2D eigenvalue weighted by Crippen LogP contribution is -2.42. The number of hydrogen-bond acceptors (Lipinski definition) is 2. The molecule has 2 heteroatoms. The van der Waals surface area contributed by atoms with E-state index in [4.69, 9.17) is 4.74 Å². The monoisotopic (exact) mass is 225 g/mol. The molecule has 0 aromatic carbocycles. The summed E-state index contributed by atoms with van der Waals surface area (Å²) in [7, 11) is 2.14. The minimum Gasteiger partial charge on any atom is -0.381 e. The Bertz CT molecular complexity index is 201. The summed E-state index contributed by atoms with van der Waals surface area (Å²) in [5.74, 6) is 2.65. The molecule has 1 aliphatic heterocycles. The quantitative estimate of drug-likeness (QED) is 0.794. The van der Waals surface area contributed by atoms with Crippen molar-refractivity contribution < 1.29 is 4.74 Å². The second kappa shape index (κ2) is 6.02. The molecule has 1 heterocycles. The van der Waals surface area contributed by atoms with Gasteiger partial charge in [-0.3, -0.25) is 0 Å². The van der Waals surface area contributed by atoms with Crippen LogP contribution in [-0.2, 0) is 4.74 Å². The lowest BCUT2D eigenvalue weighted by molar-refractivity contribution is 0.142. The molecular weight excluding hydrogens is 198 g/mol. The molecule has 4 unspecified atom stereocenters. The van der Waals surface area contributed by atoms with Crippen molar-refractivity contribution in [2.45, 2.75) is 51.5 Å². The number of ether oxygens (including phenoxy) is 1. The fourth-order valence-electron chi connectivity index (χ4n) is 3.72. The predicted octanol–water partition coefficient (Wildman–Crippen LogP) is 2.83. The zero-order valence-electron chi connectivity index (χ0n) is 10.9. The molecule has 1 N–H and O–H groups in total. The van der Waals surface area contributed by atoms with Gasteiger partial charge in [0.2, 0.25) is 0 Å². The molecule has 94 valence electrons. The van der Waals surface area contributed by atoms with E-state index < -0.39 is 0 Å². The highest BCUT2D eigenvalue weighted by molar-refractivity contribution is 4.87. The van der Waals surface area contributed by atoms with Crippen molar-refractivity contribution in [3.8, 4) is 0 Å². The standard InChI is InChI=1S/C14H27NO/c1-3-11-5-4-6-12(9-11)14(15-2)13-7-8-16-10-13/h11-15H,3-10H2,1-2H3. The van der Waals surface area contributed by atoms with E-state index in [0.717, 1.165) is 31.0 Å². The molecule has 1 saturated carbocycles. The first-order valence-corrected chi connectivity index (χ1v) is 7.10. The first kappa shape index (κ1) is 12.4. The van der Waals surface area contributed by atoms with Gasteiger partial charge in [-0.2, -0.15) is 0 Å². The molecular formula is C14H27NO. The second-order valence-corrected chi connectivity index (χ2v) is 5.64. The molecule has 0 aromatic heterocycles. The number of rotatable bonds is 4. The van der Waals surface area contributed by atoms with Crippen molar-refractivity contribution >= 4 is 0 Å². The van der Waals surface area contributed by atoms with Crippen LogP contribution in [0.15, 0.2) is 0 Å². The maximum Gasteiger partial charge on any atom is 0.0510 e. The van der Waals surface area contributed by atoms with E-state index in [1.807, 2.05) is 0 Å². The summed E-state index contributed by atoms with van der Waals surface area (Å²) >= 11 is 0. The van der Waals surface area contributed by atoms with Gasteiger partial charge in [0.1, 0.15) is 0 Å². The van der Waals surface area contributed by atoms with Crippen LogP contribution in [0.2, 0.25) is 0 Å². The highest BCUT2D eigenvalue weighted by Crippen LogP contribution is 2.36.